The predicted molar refractivity (Wildman–Crippen MR) is 68.0 cm³/mol. The van der Waals surface area contributed by atoms with E-state index in [1.807, 2.05) is 6.07 Å². The number of nitrogens with two attached hydrogens (primary N) is 1. The number of hydrogen-bond donors (Lipinski definition) is 1. The van der Waals surface area contributed by atoms with Crippen LogP contribution in [0.1, 0.15) is 6.92 Å². The van der Waals surface area contributed by atoms with Gasteiger partial charge in [0.1, 0.15) is 11.0 Å². The van der Waals surface area contributed by atoms with Gasteiger partial charge in [-0.1, -0.05) is 11.6 Å². The predicted octanol–water partition coefficient (Wildman–Crippen LogP) is 1.46. The van der Waals surface area contributed by atoms with E-state index in [0.717, 1.165) is 25.5 Å². The summed E-state index contributed by atoms with van der Waals surface area (Å²) >= 11 is 5.92. The van der Waals surface area contributed by atoms with Gasteiger partial charge >= 0.3 is 0 Å². The number of aromatic nitrogens is 1. The van der Waals surface area contributed by atoms with Crippen LogP contribution in [0.15, 0.2) is 12.1 Å². The van der Waals surface area contributed by atoms with Crippen LogP contribution in [-0.2, 0) is 0 Å². The molecule has 16 heavy (non-hydrogen) atoms. The average molecular weight is 241 g/mol. The van der Waals surface area contributed by atoms with Crippen LogP contribution in [0.25, 0.3) is 0 Å². The lowest BCUT2D eigenvalue weighted by molar-refractivity contribution is 0.274. The number of hydrogen-bond acceptors (Lipinski definition) is 4. The van der Waals surface area contributed by atoms with Gasteiger partial charge in [-0.3, -0.25) is 0 Å². The van der Waals surface area contributed by atoms with E-state index in [0.29, 0.717) is 16.9 Å². The van der Waals surface area contributed by atoms with Gasteiger partial charge in [0, 0.05) is 37.4 Å². The van der Waals surface area contributed by atoms with Crippen LogP contribution >= 0.6 is 11.6 Å². The highest BCUT2D eigenvalue weighted by molar-refractivity contribution is 6.29. The molecule has 2 heterocycles. The minimum Gasteiger partial charge on any atom is -0.399 e. The van der Waals surface area contributed by atoms with Crippen molar-refractivity contribution in [3.05, 3.63) is 17.3 Å². The van der Waals surface area contributed by atoms with Crippen molar-refractivity contribution in [2.45, 2.75) is 13.0 Å². The first kappa shape index (κ1) is 11.5. The van der Waals surface area contributed by atoms with Crippen LogP contribution in [-0.4, -0.2) is 42.6 Å². The lowest BCUT2D eigenvalue weighted by atomic mass is 10.2. The Morgan fingerprint density at radius 1 is 1.44 bits per heavy atom. The minimum absolute atomic E-state index is 0.434. The van der Waals surface area contributed by atoms with Crippen LogP contribution < -0.4 is 10.6 Å². The molecular weight excluding hydrogens is 224 g/mol. The summed E-state index contributed by atoms with van der Waals surface area (Å²) in [4.78, 5) is 8.89. The van der Waals surface area contributed by atoms with Crippen molar-refractivity contribution in [2.75, 3.05) is 37.3 Å². The Hall–Kier alpha value is -1.00. The van der Waals surface area contributed by atoms with Crippen molar-refractivity contribution in [3.63, 3.8) is 0 Å². The first-order valence-corrected chi connectivity index (χ1v) is 5.82. The van der Waals surface area contributed by atoms with E-state index in [1.165, 1.54) is 0 Å². The SMILES string of the molecule is CC1CN(C)CCN1c1cc(N)cc(Cl)n1. The molecule has 4 nitrogen and oxygen atoms in total. The first-order chi connectivity index (χ1) is 7.56. The largest absolute Gasteiger partial charge is 0.399 e. The Labute approximate surface area is 101 Å². The summed E-state index contributed by atoms with van der Waals surface area (Å²) in [6.07, 6.45) is 0. The third kappa shape index (κ3) is 2.39. The molecule has 1 aromatic heterocycles. The minimum atomic E-state index is 0.434. The average Bonchev–Trinajstić information content (AvgIpc) is 2.15. The zero-order valence-electron chi connectivity index (χ0n) is 9.65. The van der Waals surface area contributed by atoms with Gasteiger partial charge in [0.2, 0.25) is 0 Å². The van der Waals surface area contributed by atoms with Crippen molar-refractivity contribution in [1.82, 2.24) is 9.88 Å². The smallest absolute Gasteiger partial charge is 0.133 e. The maximum absolute atomic E-state index is 5.92. The highest BCUT2D eigenvalue weighted by Crippen LogP contribution is 2.22. The zero-order valence-corrected chi connectivity index (χ0v) is 10.4. The third-order valence-electron chi connectivity index (χ3n) is 2.93. The van der Waals surface area contributed by atoms with E-state index in [-0.39, 0.29) is 0 Å². The fourth-order valence-electron chi connectivity index (χ4n) is 2.13. The highest BCUT2D eigenvalue weighted by Gasteiger charge is 2.22. The van der Waals surface area contributed by atoms with E-state index < -0.39 is 0 Å². The fraction of sp³-hybridized carbons (Fsp3) is 0.545. The lowest BCUT2D eigenvalue weighted by Crippen LogP contribution is -2.50. The van der Waals surface area contributed by atoms with Gasteiger partial charge in [-0.15, -0.1) is 0 Å². The summed E-state index contributed by atoms with van der Waals surface area (Å²) < 4.78 is 0. The van der Waals surface area contributed by atoms with E-state index >= 15 is 0 Å². The molecule has 1 fully saturated rings. The monoisotopic (exact) mass is 240 g/mol. The Bertz CT molecular complexity index is 362. The number of likely N-dealkylation sites (N-methyl/N-ethyl adjacent to an activating group) is 1. The maximum Gasteiger partial charge on any atom is 0.133 e. The molecule has 0 radical (unpaired) electrons. The van der Waals surface area contributed by atoms with Crippen molar-refractivity contribution in [3.8, 4) is 0 Å². The van der Waals surface area contributed by atoms with Crippen molar-refractivity contribution < 1.29 is 0 Å². The third-order valence-corrected chi connectivity index (χ3v) is 3.12. The second-order valence-electron chi connectivity index (χ2n) is 4.39. The molecule has 2 N–H and O–H groups in total. The van der Waals surface area contributed by atoms with Crippen LogP contribution in [0.3, 0.4) is 0 Å². The molecule has 5 heteroatoms. The van der Waals surface area contributed by atoms with Gasteiger partial charge in [0.15, 0.2) is 0 Å². The first-order valence-electron chi connectivity index (χ1n) is 5.44. The molecule has 1 atom stereocenters. The molecule has 0 saturated carbocycles. The zero-order chi connectivity index (χ0) is 11.7. The Morgan fingerprint density at radius 2 is 2.19 bits per heavy atom. The van der Waals surface area contributed by atoms with Crippen molar-refractivity contribution >= 4 is 23.1 Å². The number of nitrogens with zero attached hydrogens (tertiary/aromatic N) is 3. The number of pyridine rings is 1. The van der Waals surface area contributed by atoms with E-state index in [9.17, 15) is 0 Å². The number of anilines is 2. The van der Waals surface area contributed by atoms with Crippen molar-refractivity contribution in [2.24, 2.45) is 0 Å². The van der Waals surface area contributed by atoms with E-state index in [2.05, 4.69) is 28.8 Å². The molecule has 1 aliphatic heterocycles. The maximum atomic E-state index is 5.92. The van der Waals surface area contributed by atoms with Gasteiger partial charge in [-0.25, -0.2) is 4.98 Å². The van der Waals surface area contributed by atoms with Gasteiger partial charge in [0.25, 0.3) is 0 Å². The van der Waals surface area contributed by atoms with Gasteiger partial charge in [0.05, 0.1) is 0 Å². The fourth-order valence-corrected chi connectivity index (χ4v) is 2.34. The Kier molecular flexibility index (Phi) is 3.21. The van der Waals surface area contributed by atoms with Crippen LogP contribution in [0.2, 0.25) is 5.15 Å². The van der Waals surface area contributed by atoms with Crippen LogP contribution in [0.4, 0.5) is 11.5 Å². The summed E-state index contributed by atoms with van der Waals surface area (Å²) in [5.74, 6) is 0.880. The number of rotatable bonds is 1. The summed E-state index contributed by atoms with van der Waals surface area (Å²) in [6, 6.07) is 3.99. The standard InChI is InChI=1S/C11H17ClN4/c1-8-7-15(2)3-4-16(8)11-6-9(13)5-10(12)14-11/h5-6,8H,3-4,7H2,1-2H3,(H2,13,14). The molecule has 1 saturated heterocycles. The quantitative estimate of drug-likeness (QED) is 0.755. The molecule has 2 rings (SSSR count). The molecular formula is C11H17ClN4. The van der Waals surface area contributed by atoms with Gasteiger partial charge in [-0.2, -0.15) is 0 Å². The van der Waals surface area contributed by atoms with Crippen LogP contribution in [0.5, 0.6) is 0 Å². The highest BCUT2D eigenvalue weighted by atomic mass is 35.5. The number of piperazine rings is 1. The summed E-state index contributed by atoms with van der Waals surface area (Å²) in [7, 11) is 2.13. The second-order valence-corrected chi connectivity index (χ2v) is 4.77. The molecule has 1 aromatic rings. The Balaban J connectivity index is 2.23. The molecule has 88 valence electrons. The summed E-state index contributed by atoms with van der Waals surface area (Å²) in [5.41, 5.74) is 6.45. The Morgan fingerprint density at radius 3 is 2.81 bits per heavy atom. The van der Waals surface area contributed by atoms with E-state index in [1.54, 1.807) is 6.07 Å². The summed E-state index contributed by atoms with van der Waals surface area (Å²) in [6.45, 7) is 5.23. The molecule has 0 aliphatic carbocycles. The molecule has 0 amide bonds. The second kappa shape index (κ2) is 4.47. The number of nitrogen functional groups attached to an aromatic ring is 1. The molecule has 0 spiro atoms. The van der Waals surface area contributed by atoms with Crippen molar-refractivity contribution in [1.29, 1.82) is 0 Å². The normalized spacial score (nSPS) is 22.4. The molecule has 0 aromatic carbocycles. The van der Waals surface area contributed by atoms with Gasteiger partial charge in [-0.05, 0) is 20.0 Å². The number of halogens is 1. The molecule has 1 aliphatic rings. The molecule has 0 bridgehead atoms. The van der Waals surface area contributed by atoms with Crippen LogP contribution in [0, 0.1) is 0 Å². The lowest BCUT2D eigenvalue weighted by Gasteiger charge is -2.39. The molecule has 1 unspecified atom stereocenters. The topological polar surface area (TPSA) is 45.4 Å². The summed E-state index contributed by atoms with van der Waals surface area (Å²) in [5, 5.41) is 0.459. The van der Waals surface area contributed by atoms with Gasteiger partial charge < -0.3 is 15.5 Å². The van der Waals surface area contributed by atoms with E-state index in [4.69, 9.17) is 17.3 Å².